The van der Waals surface area contributed by atoms with Crippen LogP contribution in [0.2, 0.25) is 5.02 Å². The number of rotatable bonds is 5. The summed E-state index contributed by atoms with van der Waals surface area (Å²) in [5.74, 6) is 1.41. The van der Waals surface area contributed by atoms with E-state index < -0.39 is 0 Å². The smallest absolute Gasteiger partial charge is 0.227 e. The van der Waals surface area contributed by atoms with Crippen molar-refractivity contribution in [2.75, 3.05) is 30.4 Å². The minimum Gasteiger partial charge on any atom is -0.495 e. The van der Waals surface area contributed by atoms with Gasteiger partial charge in [0.1, 0.15) is 17.9 Å². The van der Waals surface area contributed by atoms with E-state index in [0.717, 1.165) is 43.0 Å². The van der Waals surface area contributed by atoms with E-state index in [1.807, 2.05) is 12.1 Å². The van der Waals surface area contributed by atoms with Crippen LogP contribution in [0.25, 0.3) is 11.3 Å². The van der Waals surface area contributed by atoms with Gasteiger partial charge in [-0.15, -0.1) is 0 Å². The molecular formula is C24H25ClN4O2. The summed E-state index contributed by atoms with van der Waals surface area (Å²) in [7, 11) is 1.57. The highest BCUT2D eigenvalue weighted by atomic mass is 35.5. The first-order chi connectivity index (χ1) is 15.0. The van der Waals surface area contributed by atoms with E-state index in [0.29, 0.717) is 16.5 Å². The maximum absolute atomic E-state index is 12.8. The molecular weight excluding hydrogens is 412 g/mol. The van der Waals surface area contributed by atoms with Gasteiger partial charge in [0, 0.05) is 35.7 Å². The summed E-state index contributed by atoms with van der Waals surface area (Å²) < 4.78 is 5.32. The Hall–Kier alpha value is -3.12. The van der Waals surface area contributed by atoms with Crippen molar-refractivity contribution in [1.29, 1.82) is 0 Å². The number of carbonyl (C=O) groups is 1. The molecule has 1 fully saturated rings. The van der Waals surface area contributed by atoms with Crippen molar-refractivity contribution in [3.8, 4) is 17.0 Å². The lowest BCUT2D eigenvalue weighted by Gasteiger charge is -2.32. The van der Waals surface area contributed by atoms with Crippen molar-refractivity contribution in [2.24, 2.45) is 5.92 Å². The number of hydrogen-bond donors (Lipinski definition) is 1. The fourth-order valence-electron chi connectivity index (χ4n) is 3.87. The van der Waals surface area contributed by atoms with Gasteiger partial charge < -0.3 is 15.0 Å². The fourth-order valence-corrected chi connectivity index (χ4v) is 4.04. The van der Waals surface area contributed by atoms with Gasteiger partial charge in [0.05, 0.1) is 18.5 Å². The molecule has 0 saturated carbocycles. The fraction of sp³-hybridized carbons (Fsp3) is 0.292. The lowest BCUT2D eigenvalue weighted by atomic mass is 9.95. The first-order valence-corrected chi connectivity index (χ1v) is 10.7. The number of nitrogens with zero attached hydrogens (tertiary/aromatic N) is 3. The van der Waals surface area contributed by atoms with Gasteiger partial charge in [-0.25, -0.2) is 9.97 Å². The molecule has 1 aromatic heterocycles. The van der Waals surface area contributed by atoms with Crippen LogP contribution in [0.4, 0.5) is 11.5 Å². The Balaban J connectivity index is 1.40. The molecule has 6 nitrogen and oxygen atoms in total. The van der Waals surface area contributed by atoms with E-state index in [2.05, 4.69) is 45.3 Å². The minimum absolute atomic E-state index is 0.0108. The number of hydrogen-bond acceptors (Lipinski definition) is 5. The second-order valence-corrected chi connectivity index (χ2v) is 8.16. The average Bonchev–Trinajstić information content (AvgIpc) is 2.79. The first-order valence-electron chi connectivity index (χ1n) is 10.3. The number of amides is 1. The van der Waals surface area contributed by atoms with E-state index in [-0.39, 0.29) is 11.8 Å². The molecule has 1 amide bonds. The van der Waals surface area contributed by atoms with Crippen molar-refractivity contribution in [2.45, 2.75) is 19.8 Å². The highest BCUT2D eigenvalue weighted by Gasteiger charge is 2.26. The van der Waals surface area contributed by atoms with Crippen LogP contribution in [0, 0.1) is 12.8 Å². The summed E-state index contributed by atoms with van der Waals surface area (Å²) in [5, 5.41) is 3.52. The lowest BCUT2D eigenvalue weighted by Crippen LogP contribution is -2.38. The van der Waals surface area contributed by atoms with E-state index in [4.69, 9.17) is 16.3 Å². The van der Waals surface area contributed by atoms with E-state index >= 15 is 0 Å². The monoisotopic (exact) mass is 436 g/mol. The Kier molecular flexibility index (Phi) is 6.37. The maximum Gasteiger partial charge on any atom is 0.227 e. The number of piperidine rings is 1. The van der Waals surface area contributed by atoms with E-state index in [1.54, 1.807) is 31.6 Å². The van der Waals surface area contributed by atoms with Gasteiger partial charge in [0.15, 0.2) is 0 Å². The van der Waals surface area contributed by atoms with Gasteiger partial charge in [0.25, 0.3) is 0 Å². The highest BCUT2D eigenvalue weighted by molar-refractivity contribution is 6.31. The Labute approximate surface area is 187 Å². The first kappa shape index (κ1) is 21.1. The summed E-state index contributed by atoms with van der Waals surface area (Å²) in [4.78, 5) is 23.9. The van der Waals surface area contributed by atoms with Crippen LogP contribution in [0.15, 0.2) is 54.9 Å². The second kappa shape index (κ2) is 9.35. The molecule has 0 unspecified atom stereocenters. The minimum atomic E-state index is -0.0713. The average molecular weight is 437 g/mol. The van der Waals surface area contributed by atoms with Gasteiger partial charge in [-0.2, -0.15) is 0 Å². The molecule has 7 heteroatoms. The molecule has 0 radical (unpaired) electrons. The number of carbonyl (C=O) groups excluding carboxylic acids is 1. The Bertz CT molecular complexity index is 1080. The molecule has 0 aliphatic carbocycles. The summed E-state index contributed by atoms with van der Waals surface area (Å²) in [6.45, 7) is 3.59. The lowest BCUT2D eigenvalue weighted by molar-refractivity contribution is -0.120. The SMILES string of the molecule is COc1ccc(Cl)cc1NC(=O)C1CCN(c2cc(-c3cccc(C)c3)ncn2)CC1. The summed E-state index contributed by atoms with van der Waals surface area (Å²) >= 11 is 6.07. The molecule has 2 heterocycles. The maximum atomic E-state index is 12.8. The van der Waals surface area contributed by atoms with Crippen LogP contribution >= 0.6 is 11.6 Å². The van der Waals surface area contributed by atoms with Crippen molar-refractivity contribution >= 4 is 29.0 Å². The molecule has 0 atom stereocenters. The number of anilines is 2. The molecule has 1 saturated heterocycles. The third-order valence-electron chi connectivity index (χ3n) is 5.58. The van der Waals surface area contributed by atoms with Crippen LogP contribution in [0.5, 0.6) is 5.75 Å². The van der Waals surface area contributed by atoms with Crippen LogP contribution in [0.3, 0.4) is 0 Å². The van der Waals surface area contributed by atoms with Gasteiger partial charge >= 0.3 is 0 Å². The third-order valence-corrected chi connectivity index (χ3v) is 5.81. The van der Waals surface area contributed by atoms with E-state index in [9.17, 15) is 4.79 Å². The summed E-state index contributed by atoms with van der Waals surface area (Å²) in [6, 6.07) is 15.5. The Morgan fingerprint density at radius 2 is 1.94 bits per heavy atom. The van der Waals surface area contributed by atoms with Crippen molar-refractivity contribution < 1.29 is 9.53 Å². The Morgan fingerprint density at radius 1 is 1.13 bits per heavy atom. The third kappa shape index (κ3) is 4.97. The molecule has 0 spiro atoms. The zero-order valence-electron chi connectivity index (χ0n) is 17.6. The molecule has 4 rings (SSSR count). The number of nitrogens with one attached hydrogen (secondary N) is 1. The quantitative estimate of drug-likeness (QED) is 0.611. The van der Waals surface area contributed by atoms with E-state index in [1.165, 1.54) is 5.56 Å². The standard InChI is InChI=1S/C24H25ClN4O2/c1-16-4-3-5-18(12-16)20-14-23(27-15-26-20)29-10-8-17(9-11-29)24(30)28-21-13-19(25)6-7-22(21)31-2/h3-7,12-15,17H,8-11H2,1-2H3,(H,28,30). The van der Waals surface area contributed by atoms with Crippen LogP contribution in [0.1, 0.15) is 18.4 Å². The van der Waals surface area contributed by atoms with Crippen LogP contribution < -0.4 is 15.0 Å². The van der Waals surface area contributed by atoms with Gasteiger partial charge in [0.2, 0.25) is 5.91 Å². The van der Waals surface area contributed by atoms with Gasteiger partial charge in [-0.1, -0.05) is 35.4 Å². The van der Waals surface area contributed by atoms with Gasteiger partial charge in [-0.05, 0) is 44.0 Å². The number of ether oxygens (including phenoxy) is 1. The number of aromatic nitrogens is 2. The molecule has 2 aromatic carbocycles. The molecule has 31 heavy (non-hydrogen) atoms. The van der Waals surface area contributed by atoms with Crippen LogP contribution in [-0.4, -0.2) is 36.1 Å². The number of aryl methyl sites for hydroxylation is 1. The molecule has 3 aromatic rings. The predicted molar refractivity (Wildman–Crippen MR) is 124 cm³/mol. The number of benzene rings is 2. The molecule has 1 aliphatic rings. The summed E-state index contributed by atoms with van der Waals surface area (Å²) in [6.07, 6.45) is 3.11. The molecule has 160 valence electrons. The summed E-state index contributed by atoms with van der Waals surface area (Å²) in [5.41, 5.74) is 3.77. The normalized spacial score (nSPS) is 14.4. The largest absolute Gasteiger partial charge is 0.495 e. The molecule has 1 aliphatic heterocycles. The molecule has 1 N–H and O–H groups in total. The Morgan fingerprint density at radius 3 is 2.68 bits per heavy atom. The zero-order chi connectivity index (χ0) is 21.8. The number of halogens is 1. The van der Waals surface area contributed by atoms with Gasteiger partial charge in [-0.3, -0.25) is 4.79 Å². The van der Waals surface area contributed by atoms with Crippen molar-refractivity contribution in [3.63, 3.8) is 0 Å². The zero-order valence-corrected chi connectivity index (χ0v) is 18.4. The number of methoxy groups -OCH3 is 1. The highest BCUT2D eigenvalue weighted by Crippen LogP contribution is 2.30. The molecule has 0 bridgehead atoms. The van der Waals surface area contributed by atoms with Crippen molar-refractivity contribution in [1.82, 2.24) is 9.97 Å². The second-order valence-electron chi connectivity index (χ2n) is 7.73. The predicted octanol–water partition coefficient (Wildman–Crippen LogP) is 4.97. The topological polar surface area (TPSA) is 67.3 Å². The van der Waals surface area contributed by atoms with Crippen molar-refractivity contribution in [3.05, 3.63) is 65.4 Å². The van der Waals surface area contributed by atoms with Crippen LogP contribution in [-0.2, 0) is 4.79 Å².